The highest BCUT2D eigenvalue weighted by atomic mass is 32.1. The van der Waals surface area contributed by atoms with E-state index in [4.69, 9.17) is 4.74 Å². The molecule has 0 saturated heterocycles. The normalized spacial score (nSPS) is 10.7. The van der Waals surface area contributed by atoms with Crippen molar-refractivity contribution >= 4 is 44.8 Å². The van der Waals surface area contributed by atoms with Crippen molar-refractivity contribution in [2.75, 3.05) is 31.5 Å². The van der Waals surface area contributed by atoms with Gasteiger partial charge in [-0.1, -0.05) is 12.1 Å². The van der Waals surface area contributed by atoms with E-state index >= 15 is 0 Å². The summed E-state index contributed by atoms with van der Waals surface area (Å²) in [6.07, 6.45) is 2.91. The number of hydrogen-bond acceptors (Lipinski definition) is 6. The highest BCUT2D eigenvalue weighted by Crippen LogP contribution is 2.35. The van der Waals surface area contributed by atoms with Crippen molar-refractivity contribution in [1.29, 1.82) is 0 Å². The van der Waals surface area contributed by atoms with Gasteiger partial charge in [0.15, 0.2) is 11.6 Å². The summed E-state index contributed by atoms with van der Waals surface area (Å²) < 4.78 is 24.2. The Bertz CT molecular complexity index is 1340. The number of thiophene rings is 1. The topological polar surface area (TPSA) is 80.8 Å². The Kier molecular flexibility index (Phi) is 6.23. The van der Waals surface area contributed by atoms with Gasteiger partial charge in [0.05, 0.1) is 23.8 Å². The molecule has 0 unspecified atom stereocenters. The Hall–Kier alpha value is -3.98. The third kappa shape index (κ3) is 4.49. The number of anilines is 2. The Morgan fingerprint density at radius 3 is 2.52 bits per heavy atom. The van der Waals surface area contributed by atoms with E-state index in [9.17, 15) is 14.0 Å². The van der Waals surface area contributed by atoms with Gasteiger partial charge in [-0.3, -0.25) is 15.1 Å². The number of aromatic nitrogens is 1. The number of halogens is 1. The molecule has 4 aromatic rings. The fourth-order valence-electron chi connectivity index (χ4n) is 3.34. The van der Waals surface area contributed by atoms with Gasteiger partial charge < -0.3 is 14.4 Å². The maximum Gasteiger partial charge on any atom is 0.411 e. The zero-order valence-electron chi connectivity index (χ0n) is 18.1. The van der Waals surface area contributed by atoms with E-state index in [1.807, 2.05) is 18.2 Å². The molecule has 2 heterocycles. The van der Waals surface area contributed by atoms with Crippen molar-refractivity contribution in [3.63, 3.8) is 0 Å². The molecule has 0 atom stereocenters. The molecule has 2 amide bonds. The standard InChI is InChI=1S/C24H20FN3O4S/c1-28(16-8-9-19(25)20(10-16)31-2)23(29)21-11-17-18(12-26-13-22(17)33-21)14-4-6-15(7-5-14)27-24(30)32-3/h4-13H,1-3H3,(H,27,30). The number of carbonyl (C=O) groups is 2. The summed E-state index contributed by atoms with van der Waals surface area (Å²) in [7, 11) is 4.31. The summed E-state index contributed by atoms with van der Waals surface area (Å²) in [5.41, 5.74) is 2.86. The van der Waals surface area contributed by atoms with Crippen molar-refractivity contribution in [2.45, 2.75) is 0 Å². The number of pyridine rings is 1. The maximum atomic E-state index is 13.7. The lowest BCUT2D eigenvalue weighted by Crippen LogP contribution is -2.25. The van der Waals surface area contributed by atoms with Gasteiger partial charge in [-0.05, 0) is 35.9 Å². The van der Waals surface area contributed by atoms with Gasteiger partial charge in [0.25, 0.3) is 5.91 Å². The van der Waals surface area contributed by atoms with Crippen LogP contribution in [0.5, 0.6) is 5.75 Å². The molecule has 1 N–H and O–H groups in total. The Labute approximate surface area is 193 Å². The summed E-state index contributed by atoms with van der Waals surface area (Å²) >= 11 is 1.33. The molecule has 0 bridgehead atoms. The second-order valence-electron chi connectivity index (χ2n) is 7.09. The van der Waals surface area contributed by atoms with Crippen LogP contribution in [0.1, 0.15) is 9.67 Å². The van der Waals surface area contributed by atoms with E-state index in [0.29, 0.717) is 16.3 Å². The largest absolute Gasteiger partial charge is 0.494 e. The zero-order chi connectivity index (χ0) is 23.5. The third-order valence-corrected chi connectivity index (χ3v) is 6.17. The average molecular weight is 466 g/mol. The molecular formula is C24H20FN3O4S. The molecule has 0 aliphatic rings. The number of amides is 2. The highest BCUT2D eigenvalue weighted by Gasteiger charge is 2.19. The first kappa shape index (κ1) is 22.2. The van der Waals surface area contributed by atoms with Crippen LogP contribution in [-0.2, 0) is 4.74 Å². The average Bonchev–Trinajstić information content (AvgIpc) is 3.28. The minimum atomic E-state index is -0.546. The van der Waals surface area contributed by atoms with Gasteiger partial charge in [-0.15, -0.1) is 11.3 Å². The van der Waals surface area contributed by atoms with Crippen molar-refractivity contribution in [1.82, 2.24) is 4.98 Å². The first-order valence-electron chi connectivity index (χ1n) is 9.86. The predicted molar refractivity (Wildman–Crippen MR) is 127 cm³/mol. The van der Waals surface area contributed by atoms with Crippen LogP contribution in [0.4, 0.5) is 20.6 Å². The molecule has 9 heteroatoms. The third-order valence-electron chi connectivity index (χ3n) is 5.11. The van der Waals surface area contributed by atoms with Gasteiger partial charge in [0, 0.05) is 47.8 Å². The molecule has 7 nitrogen and oxygen atoms in total. The van der Waals surface area contributed by atoms with Crippen LogP contribution in [0.25, 0.3) is 21.2 Å². The van der Waals surface area contributed by atoms with Crippen LogP contribution in [0.3, 0.4) is 0 Å². The zero-order valence-corrected chi connectivity index (χ0v) is 18.9. The van der Waals surface area contributed by atoms with Gasteiger partial charge in [0.1, 0.15) is 0 Å². The molecule has 2 aromatic carbocycles. The number of rotatable bonds is 5. The van der Waals surface area contributed by atoms with Crippen LogP contribution in [-0.4, -0.2) is 38.3 Å². The summed E-state index contributed by atoms with van der Waals surface area (Å²) in [6.45, 7) is 0. The van der Waals surface area contributed by atoms with E-state index in [0.717, 1.165) is 21.2 Å². The first-order chi connectivity index (χ1) is 15.9. The van der Waals surface area contributed by atoms with Crippen molar-refractivity contribution in [2.24, 2.45) is 0 Å². The number of methoxy groups -OCH3 is 2. The Morgan fingerprint density at radius 1 is 1.06 bits per heavy atom. The van der Waals surface area contributed by atoms with Gasteiger partial charge in [-0.25, -0.2) is 9.18 Å². The summed E-state index contributed by atoms with van der Waals surface area (Å²) in [6, 6.07) is 13.4. The van der Waals surface area contributed by atoms with Crippen LogP contribution in [0.2, 0.25) is 0 Å². The second kappa shape index (κ2) is 9.25. The minimum Gasteiger partial charge on any atom is -0.494 e. The molecule has 0 aliphatic carbocycles. The number of nitrogens with zero attached hydrogens (tertiary/aromatic N) is 2. The first-order valence-corrected chi connectivity index (χ1v) is 10.7. The number of benzene rings is 2. The van der Waals surface area contributed by atoms with Crippen LogP contribution < -0.4 is 15.0 Å². The molecule has 0 saturated carbocycles. The van der Waals surface area contributed by atoms with E-state index in [1.54, 1.807) is 31.6 Å². The summed E-state index contributed by atoms with van der Waals surface area (Å²) in [5, 5.41) is 3.50. The molecule has 0 spiro atoms. The number of hydrogen-bond donors (Lipinski definition) is 1. The maximum absolute atomic E-state index is 13.7. The van der Waals surface area contributed by atoms with E-state index in [1.165, 1.54) is 48.7 Å². The van der Waals surface area contributed by atoms with Crippen molar-refractivity contribution in [3.8, 4) is 16.9 Å². The Balaban J connectivity index is 1.64. The monoisotopic (exact) mass is 465 g/mol. The quantitative estimate of drug-likeness (QED) is 0.417. The van der Waals surface area contributed by atoms with Gasteiger partial charge >= 0.3 is 6.09 Å². The lowest BCUT2D eigenvalue weighted by atomic mass is 10.0. The molecular weight excluding hydrogens is 445 g/mol. The smallest absolute Gasteiger partial charge is 0.411 e. The highest BCUT2D eigenvalue weighted by molar-refractivity contribution is 7.21. The van der Waals surface area contributed by atoms with Crippen molar-refractivity contribution < 1.29 is 23.5 Å². The Morgan fingerprint density at radius 2 is 1.82 bits per heavy atom. The van der Waals surface area contributed by atoms with E-state index in [-0.39, 0.29) is 11.7 Å². The number of nitrogens with one attached hydrogen (secondary N) is 1. The molecule has 0 aliphatic heterocycles. The number of ether oxygens (including phenoxy) is 2. The fourth-order valence-corrected chi connectivity index (χ4v) is 4.37. The summed E-state index contributed by atoms with van der Waals surface area (Å²) in [4.78, 5) is 30.8. The minimum absolute atomic E-state index is 0.0695. The number of fused-ring (bicyclic) bond motifs is 1. The molecule has 168 valence electrons. The van der Waals surface area contributed by atoms with Gasteiger partial charge in [-0.2, -0.15) is 0 Å². The second-order valence-corrected chi connectivity index (χ2v) is 8.17. The molecule has 0 fully saturated rings. The molecule has 2 aromatic heterocycles. The van der Waals surface area contributed by atoms with Crippen LogP contribution in [0.15, 0.2) is 60.9 Å². The van der Waals surface area contributed by atoms with Gasteiger partial charge in [0.2, 0.25) is 0 Å². The van der Waals surface area contributed by atoms with Crippen molar-refractivity contribution in [3.05, 3.63) is 71.6 Å². The molecule has 4 rings (SSSR count). The predicted octanol–water partition coefficient (Wildman–Crippen LogP) is 5.57. The van der Waals surface area contributed by atoms with E-state index in [2.05, 4.69) is 15.0 Å². The van der Waals surface area contributed by atoms with E-state index < -0.39 is 11.9 Å². The molecule has 33 heavy (non-hydrogen) atoms. The lowest BCUT2D eigenvalue weighted by molar-refractivity contribution is 0.0997. The lowest BCUT2D eigenvalue weighted by Gasteiger charge is -2.17. The summed E-state index contributed by atoms with van der Waals surface area (Å²) in [5.74, 6) is -0.652. The number of carbonyl (C=O) groups excluding carboxylic acids is 2. The van der Waals surface area contributed by atoms with Crippen LogP contribution >= 0.6 is 11.3 Å². The van der Waals surface area contributed by atoms with Crippen LogP contribution in [0, 0.1) is 5.82 Å². The SMILES string of the molecule is COC(=O)Nc1ccc(-c2cncc3sc(C(=O)N(C)c4ccc(F)c(OC)c4)cc23)cc1. The molecule has 0 radical (unpaired) electrons. The fraction of sp³-hybridized carbons (Fsp3) is 0.125.